The van der Waals surface area contributed by atoms with Crippen molar-refractivity contribution in [2.45, 2.75) is 45.4 Å². The Labute approximate surface area is 223 Å². The third kappa shape index (κ3) is 5.58. The van der Waals surface area contributed by atoms with E-state index >= 15 is 0 Å². The number of aromatic nitrogens is 2. The summed E-state index contributed by atoms with van der Waals surface area (Å²) in [4.78, 5) is 24.3. The summed E-state index contributed by atoms with van der Waals surface area (Å²) in [5, 5.41) is 5.57. The maximum atomic E-state index is 11.9. The minimum absolute atomic E-state index is 0.188. The van der Waals surface area contributed by atoms with Crippen LogP contribution in [-0.2, 0) is 21.7 Å². The first kappa shape index (κ1) is 25.9. The third-order valence-corrected chi connectivity index (χ3v) is 6.99. The first-order valence-corrected chi connectivity index (χ1v) is 13.2. The summed E-state index contributed by atoms with van der Waals surface area (Å²) in [5.41, 5.74) is 2.89. The Bertz CT molecular complexity index is 1250. The molecule has 0 unspecified atom stereocenters. The van der Waals surface area contributed by atoms with Crippen LogP contribution in [0.5, 0.6) is 5.75 Å². The van der Waals surface area contributed by atoms with Crippen molar-refractivity contribution in [2.75, 3.05) is 43.1 Å². The highest BCUT2D eigenvalue weighted by Gasteiger charge is 2.41. The molecule has 0 aliphatic carbocycles. The van der Waals surface area contributed by atoms with Crippen LogP contribution in [0.1, 0.15) is 38.4 Å². The fraction of sp³-hybridized carbons (Fsp3) is 0.414. The van der Waals surface area contributed by atoms with Gasteiger partial charge >= 0.3 is 6.03 Å². The summed E-state index contributed by atoms with van der Waals surface area (Å²) in [5.74, 6) is 2.36. The van der Waals surface area contributed by atoms with Crippen molar-refractivity contribution in [3.63, 3.8) is 0 Å². The van der Waals surface area contributed by atoms with Gasteiger partial charge in [-0.25, -0.2) is 14.8 Å². The molecule has 5 rings (SSSR count). The molecule has 0 saturated carbocycles. The van der Waals surface area contributed by atoms with Crippen LogP contribution in [0.25, 0.3) is 11.4 Å². The van der Waals surface area contributed by atoms with E-state index in [-0.39, 0.29) is 12.1 Å². The van der Waals surface area contributed by atoms with Crippen LogP contribution in [0.2, 0.25) is 0 Å². The number of carbonyl (C=O) groups is 1. The molecule has 0 radical (unpaired) electrons. The number of nitrogens with one attached hydrogen (secondary N) is 2. The molecule has 2 amide bonds. The number of ether oxygens (including phenoxy) is 3. The lowest BCUT2D eigenvalue weighted by atomic mass is 9.96. The van der Waals surface area contributed by atoms with Crippen molar-refractivity contribution in [2.24, 2.45) is 0 Å². The topological polar surface area (TPSA) is 97.8 Å². The predicted octanol–water partition coefficient (Wildman–Crippen LogP) is 4.72. The third-order valence-electron chi connectivity index (χ3n) is 6.99. The SMILES string of the molecule is CCNC(=O)Nc1ccc(-c2nc(N3CCOC[C@@H]3C)c3c(n2)[C@@](C)(CCOc2ccccc2)OC3)cc1. The van der Waals surface area contributed by atoms with Crippen LogP contribution < -0.4 is 20.3 Å². The zero-order valence-electron chi connectivity index (χ0n) is 22.2. The Kier molecular flexibility index (Phi) is 7.76. The number of urea groups is 1. The zero-order chi connectivity index (χ0) is 26.5. The van der Waals surface area contributed by atoms with Gasteiger partial charge in [0.15, 0.2) is 5.82 Å². The van der Waals surface area contributed by atoms with Crippen molar-refractivity contribution < 1.29 is 19.0 Å². The van der Waals surface area contributed by atoms with Crippen LogP contribution in [0, 0.1) is 0 Å². The number of para-hydroxylation sites is 1. The number of rotatable bonds is 8. The molecule has 2 aromatic carbocycles. The molecule has 3 aromatic rings. The predicted molar refractivity (Wildman–Crippen MR) is 146 cm³/mol. The maximum absolute atomic E-state index is 11.9. The molecule has 9 nitrogen and oxygen atoms in total. The second-order valence-electron chi connectivity index (χ2n) is 9.81. The van der Waals surface area contributed by atoms with Gasteiger partial charge in [-0.15, -0.1) is 0 Å². The second-order valence-corrected chi connectivity index (χ2v) is 9.81. The minimum Gasteiger partial charge on any atom is -0.493 e. The first-order valence-electron chi connectivity index (χ1n) is 13.2. The van der Waals surface area contributed by atoms with Gasteiger partial charge in [0.1, 0.15) is 17.2 Å². The van der Waals surface area contributed by atoms with Gasteiger partial charge in [0, 0.05) is 36.3 Å². The average molecular weight is 518 g/mol. The number of nitrogens with zero attached hydrogens (tertiary/aromatic N) is 3. The molecule has 3 heterocycles. The summed E-state index contributed by atoms with van der Waals surface area (Å²) < 4.78 is 18.1. The van der Waals surface area contributed by atoms with E-state index in [1.54, 1.807) is 0 Å². The van der Waals surface area contributed by atoms with Gasteiger partial charge in [-0.2, -0.15) is 0 Å². The van der Waals surface area contributed by atoms with Crippen molar-refractivity contribution in [3.05, 3.63) is 65.9 Å². The Morgan fingerprint density at radius 3 is 2.68 bits per heavy atom. The van der Waals surface area contributed by atoms with E-state index in [1.165, 1.54) is 0 Å². The average Bonchev–Trinajstić information content (AvgIpc) is 3.26. The van der Waals surface area contributed by atoms with E-state index in [1.807, 2.05) is 61.5 Å². The molecule has 2 aliphatic heterocycles. The molecule has 2 N–H and O–H groups in total. The van der Waals surface area contributed by atoms with Gasteiger partial charge in [0.25, 0.3) is 0 Å². The highest BCUT2D eigenvalue weighted by atomic mass is 16.5. The molecule has 2 aliphatic rings. The Balaban J connectivity index is 1.45. The summed E-state index contributed by atoms with van der Waals surface area (Å²) in [6.45, 7) is 9.69. The van der Waals surface area contributed by atoms with Crippen molar-refractivity contribution in [1.29, 1.82) is 0 Å². The van der Waals surface area contributed by atoms with E-state index in [0.717, 1.165) is 34.9 Å². The number of benzene rings is 2. The number of hydrogen-bond donors (Lipinski definition) is 2. The fourth-order valence-electron chi connectivity index (χ4n) is 4.86. The molecule has 0 bridgehead atoms. The highest BCUT2D eigenvalue weighted by molar-refractivity contribution is 5.89. The largest absolute Gasteiger partial charge is 0.493 e. The zero-order valence-corrected chi connectivity index (χ0v) is 22.2. The number of carbonyl (C=O) groups excluding carboxylic acids is 1. The lowest BCUT2D eigenvalue weighted by Gasteiger charge is -2.35. The standard InChI is InChI=1S/C29H35N5O4/c1-4-30-28(35)31-22-12-10-21(11-13-22)26-32-25-24(27(33-26)34-15-17-36-18-20(34)2)19-38-29(25,3)14-16-37-23-8-6-5-7-9-23/h5-13,20H,4,14-19H2,1-3H3,(H2,30,31,35)/t20-,29+/m0/s1. The highest BCUT2D eigenvalue weighted by Crippen LogP contribution is 2.43. The Morgan fingerprint density at radius 1 is 1.16 bits per heavy atom. The number of hydrogen-bond acceptors (Lipinski definition) is 7. The molecule has 0 spiro atoms. The smallest absolute Gasteiger partial charge is 0.319 e. The number of morpholine rings is 1. The van der Waals surface area contributed by atoms with Crippen LogP contribution in [0.15, 0.2) is 54.6 Å². The molecule has 2 atom stereocenters. The van der Waals surface area contributed by atoms with Crippen molar-refractivity contribution in [1.82, 2.24) is 15.3 Å². The maximum Gasteiger partial charge on any atom is 0.319 e. The summed E-state index contributed by atoms with van der Waals surface area (Å²) in [7, 11) is 0. The fourth-order valence-corrected chi connectivity index (χ4v) is 4.86. The monoisotopic (exact) mass is 517 g/mol. The van der Waals surface area contributed by atoms with E-state index < -0.39 is 5.60 Å². The second kappa shape index (κ2) is 11.4. The number of fused-ring (bicyclic) bond motifs is 1. The lowest BCUT2D eigenvalue weighted by Crippen LogP contribution is -2.44. The Morgan fingerprint density at radius 2 is 1.95 bits per heavy atom. The molecule has 1 aromatic heterocycles. The summed E-state index contributed by atoms with van der Waals surface area (Å²) >= 11 is 0. The van der Waals surface area contributed by atoms with Gasteiger partial charge < -0.3 is 29.7 Å². The first-order chi connectivity index (χ1) is 18.5. The lowest BCUT2D eigenvalue weighted by molar-refractivity contribution is -0.0391. The normalized spacial score (nSPS) is 20.6. The number of anilines is 2. The van der Waals surface area contributed by atoms with E-state index in [0.29, 0.717) is 50.9 Å². The van der Waals surface area contributed by atoms with Gasteiger partial charge in [-0.05, 0) is 57.2 Å². The molecule has 1 fully saturated rings. The molecule has 38 heavy (non-hydrogen) atoms. The minimum atomic E-state index is -0.605. The molecule has 1 saturated heterocycles. The molecule has 9 heteroatoms. The van der Waals surface area contributed by atoms with Crippen molar-refractivity contribution >= 4 is 17.5 Å². The van der Waals surface area contributed by atoms with Crippen LogP contribution in [0.4, 0.5) is 16.3 Å². The van der Waals surface area contributed by atoms with Crippen LogP contribution in [0.3, 0.4) is 0 Å². The molecular weight excluding hydrogens is 482 g/mol. The summed E-state index contributed by atoms with van der Waals surface area (Å²) in [6, 6.07) is 17.3. The van der Waals surface area contributed by atoms with Gasteiger partial charge in [-0.3, -0.25) is 0 Å². The van der Waals surface area contributed by atoms with E-state index in [9.17, 15) is 4.79 Å². The van der Waals surface area contributed by atoms with Crippen molar-refractivity contribution in [3.8, 4) is 17.1 Å². The van der Waals surface area contributed by atoms with Gasteiger partial charge in [0.2, 0.25) is 0 Å². The molecule has 200 valence electrons. The van der Waals surface area contributed by atoms with E-state index in [4.69, 9.17) is 24.2 Å². The molecular formula is C29H35N5O4. The quantitative estimate of drug-likeness (QED) is 0.446. The Hall–Kier alpha value is -3.69. The number of amides is 2. The van der Waals surface area contributed by atoms with Crippen LogP contribution in [-0.4, -0.2) is 55.0 Å². The van der Waals surface area contributed by atoms with Crippen LogP contribution >= 0.6 is 0 Å². The summed E-state index contributed by atoms with van der Waals surface area (Å²) in [6.07, 6.45) is 0.652. The van der Waals surface area contributed by atoms with Gasteiger partial charge in [-0.1, -0.05) is 18.2 Å². The van der Waals surface area contributed by atoms with E-state index in [2.05, 4.69) is 29.4 Å². The van der Waals surface area contributed by atoms with Gasteiger partial charge in [0.05, 0.1) is 38.2 Å².